The summed E-state index contributed by atoms with van der Waals surface area (Å²) in [5, 5.41) is 6.71. The summed E-state index contributed by atoms with van der Waals surface area (Å²) >= 11 is 3.80. The van der Waals surface area contributed by atoms with Gasteiger partial charge in [-0.15, -0.1) is 0 Å². The quantitative estimate of drug-likeness (QED) is 0.672. The summed E-state index contributed by atoms with van der Waals surface area (Å²) in [4.78, 5) is 11.4. The Kier molecular flexibility index (Phi) is 4.00. The SMILES string of the molecule is Cc1cscc1C(=O)NCCI. The Morgan fingerprint density at radius 2 is 2.42 bits per heavy atom. The van der Waals surface area contributed by atoms with Crippen molar-refractivity contribution in [2.45, 2.75) is 6.92 Å². The second-order valence-electron chi connectivity index (χ2n) is 2.41. The number of carbonyl (C=O) groups is 1. The van der Waals surface area contributed by atoms with Gasteiger partial charge in [-0.25, -0.2) is 0 Å². The summed E-state index contributed by atoms with van der Waals surface area (Å²) in [5.74, 6) is 0.0467. The maximum atomic E-state index is 11.4. The Morgan fingerprint density at radius 1 is 1.67 bits per heavy atom. The molecule has 1 aromatic heterocycles. The topological polar surface area (TPSA) is 29.1 Å². The zero-order valence-corrected chi connectivity index (χ0v) is 9.74. The van der Waals surface area contributed by atoms with Crippen molar-refractivity contribution in [2.24, 2.45) is 0 Å². The molecule has 0 aliphatic rings. The predicted octanol–water partition coefficient (Wildman–Crippen LogP) is 2.22. The van der Waals surface area contributed by atoms with Gasteiger partial charge in [0.25, 0.3) is 5.91 Å². The average Bonchev–Trinajstić information content (AvgIpc) is 2.47. The van der Waals surface area contributed by atoms with E-state index in [2.05, 4.69) is 27.9 Å². The predicted molar refractivity (Wildman–Crippen MR) is 60.3 cm³/mol. The van der Waals surface area contributed by atoms with Gasteiger partial charge in [-0.05, 0) is 17.9 Å². The second-order valence-corrected chi connectivity index (χ2v) is 4.24. The van der Waals surface area contributed by atoms with E-state index in [0.717, 1.165) is 22.1 Å². The third-order valence-electron chi connectivity index (χ3n) is 1.48. The van der Waals surface area contributed by atoms with Crippen LogP contribution in [-0.2, 0) is 0 Å². The van der Waals surface area contributed by atoms with Crippen molar-refractivity contribution in [1.82, 2.24) is 5.32 Å². The van der Waals surface area contributed by atoms with Crippen LogP contribution in [0.4, 0.5) is 0 Å². The van der Waals surface area contributed by atoms with Crippen LogP contribution in [0.2, 0.25) is 0 Å². The lowest BCUT2D eigenvalue weighted by atomic mass is 10.2. The number of carbonyl (C=O) groups excluding carboxylic acids is 1. The molecule has 0 radical (unpaired) electrons. The van der Waals surface area contributed by atoms with Crippen LogP contribution in [0.15, 0.2) is 10.8 Å². The van der Waals surface area contributed by atoms with Crippen molar-refractivity contribution in [2.75, 3.05) is 11.0 Å². The molecule has 1 N–H and O–H groups in total. The number of alkyl halides is 1. The molecule has 1 rings (SSSR count). The Balaban J connectivity index is 2.59. The zero-order valence-electron chi connectivity index (χ0n) is 6.76. The van der Waals surface area contributed by atoms with Gasteiger partial charge in [-0.2, -0.15) is 11.3 Å². The molecular formula is C8H10INOS. The van der Waals surface area contributed by atoms with Gasteiger partial charge in [0.15, 0.2) is 0 Å². The zero-order chi connectivity index (χ0) is 8.97. The first-order chi connectivity index (χ1) is 5.75. The number of amides is 1. The lowest BCUT2D eigenvalue weighted by Gasteiger charge is -2.00. The minimum absolute atomic E-state index is 0.0467. The minimum Gasteiger partial charge on any atom is -0.351 e. The van der Waals surface area contributed by atoms with Crippen LogP contribution < -0.4 is 5.32 Å². The van der Waals surface area contributed by atoms with Gasteiger partial charge in [0.2, 0.25) is 0 Å². The third-order valence-corrected chi connectivity index (χ3v) is 2.88. The van der Waals surface area contributed by atoms with Crippen LogP contribution in [0, 0.1) is 6.92 Å². The smallest absolute Gasteiger partial charge is 0.252 e. The number of hydrogen-bond acceptors (Lipinski definition) is 2. The maximum Gasteiger partial charge on any atom is 0.252 e. The minimum atomic E-state index is 0.0467. The van der Waals surface area contributed by atoms with E-state index in [9.17, 15) is 4.79 Å². The summed E-state index contributed by atoms with van der Waals surface area (Å²) in [6.45, 7) is 2.70. The highest BCUT2D eigenvalue weighted by Gasteiger charge is 2.07. The number of nitrogens with one attached hydrogen (secondary N) is 1. The fourth-order valence-electron chi connectivity index (χ4n) is 0.849. The van der Waals surface area contributed by atoms with Crippen molar-refractivity contribution in [3.05, 3.63) is 21.9 Å². The molecule has 0 aliphatic heterocycles. The van der Waals surface area contributed by atoms with Gasteiger partial charge < -0.3 is 5.32 Å². The monoisotopic (exact) mass is 295 g/mol. The number of halogens is 1. The largest absolute Gasteiger partial charge is 0.351 e. The Labute approximate surface area is 89.5 Å². The molecule has 0 aliphatic carbocycles. The van der Waals surface area contributed by atoms with Crippen molar-refractivity contribution >= 4 is 39.8 Å². The Hall–Kier alpha value is -0.100. The van der Waals surface area contributed by atoms with Crippen LogP contribution in [0.5, 0.6) is 0 Å². The van der Waals surface area contributed by atoms with Gasteiger partial charge in [0, 0.05) is 16.4 Å². The van der Waals surface area contributed by atoms with Crippen LogP contribution in [0.1, 0.15) is 15.9 Å². The summed E-state index contributed by atoms with van der Waals surface area (Å²) in [7, 11) is 0. The van der Waals surface area contributed by atoms with Crippen molar-refractivity contribution in [3.63, 3.8) is 0 Å². The Bertz CT molecular complexity index is 272. The summed E-state index contributed by atoms with van der Waals surface area (Å²) < 4.78 is 0.951. The van der Waals surface area contributed by atoms with Crippen LogP contribution in [0.25, 0.3) is 0 Å². The van der Waals surface area contributed by atoms with E-state index in [1.807, 2.05) is 17.7 Å². The second kappa shape index (κ2) is 4.81. The molecule has 0 bridgehead atoms. The van der Waals surface area contributed by atoms with E-state index in [0.29, 0.717) is 0 Å². The third kappa shape index (κ3) is 2.45. The van der Waals surface area contributed by atoms with Crippen molar-refractivity contribution in [1.29, 1.82) is 0 Å². The van der Waals surface area contributed by atoms with Gasteiger partial charge >= 0.3 is 0 Å². The van der Waals surface area contributed by atoms with Gasteiger partial charge in [-0.3, -0.25) is 4.79 Å². The first kappa shape index (κ1) is 9.98. The first-order valence-electron chi connectivity index (χ1n) is 3.62. The normalized spacial score (nSPS) is 9.83. The molecule has 0 aromatic carbocycles. The molecule has 0 spiro atoms. The fraction of sp³-hybridized carbons (Fsp3) is 0.375. The molecule has 1 aromatic rings. The molecular weight excluding hydrogens is 285 g/mol. The molecule has 66 valence electrons. The van der Waals surface area contributed by atoms with E-state index in [1.165, 1.54) is 0 Å². The highest BCUT2D eigenvalue weighted by molar-refractivity contribution is 14.1. The molecule has 12 heavy (non-hydrogen) atoms. The van der Waals surface area contributed by atoms with E-state index >= 15 is 0 Å². The average molecular weight is 295 g/mol. The Morgan fingerprint density at radius 3 is 2.92 bits per heavy atom. The highest BCUT2D eigenvalue weighted by atomic mass is 127. The number of aryl methyl sites for hydroxylation is 1. The van der Waals surface area contributed by atoms with Crippen LogP contribution >= 0.6 is 33.9 Å². The van der Waals surface area contributed by atoms with E-state index in [1.54, 1.807) is 11.3 Å². The number of hydrogen-bond donors (Lipinski definition) is 1. The fourth-order valence-corrected chi connectivity index (χ4v) is 1.95. The molecule has 4 heteroatoms. The van der Waals surface area contributed by atoms with Crippen LogP contribution in [-0.4, -0.2) is 16.9 Å². The maximum absolute atomic E-state index is 11.4. The molecule has 0 unspecified atom stereocenters. The van der Waals surface area contributed by atoms with Crippen LogP contribution in [0.3, 0.4) is 0 Å². The van der Waals surface area contributed by atoms with Gasteiger partial charge in [0.1, 0.15) is 0 Å². The van der Waals surface area contributed by atoms with E-state index in [-0.39, 0.29) is 5.91 Å². The molecule has 0 atom stereocenters. The first-order valence-corrected chi connectivity index (χ1v) is 6.09. The molecule has 1 heterocycles. The van der Waals surface area contributed by atoms with Gasteiger partial charge in [0.05, 0.1) is 5.56 Å². The summed E-state index contributed by atoms with van der Waals surface area (Å²) in [6.07, 6.45) is 0. The van der Waals surface area contributed by atoms with E-state index < -0.39 is 0 Å². The molecule has 0 saturated heterocycles. The summed E-state index contributed by atoms with van der Waals surface area (Å²) in [5.41, 5.74) is 1.87. The molecule has 1 amide bonds. The lowest BCUT2D eigenvalue weighted by Crippen LogP contribution is -2.25. The standard InChI is InChI=1S/C8H10INOS/c1-6-4-12-5-7(6)8(11)10-3-2-9/h4-5H,2-3H2,1H3,(H,10,11). The van der Waals surface area contributed by atoms with Crippen molar-refractivity contribution < 1.29 is 4.79 Å². The molecule has 2 nitrogen and oxygen atoms in total. The molecule has 0 saturated carbocycles. The molecule has 0 fully saturated rings. The number of thiophene rings is 1. The highest BCUT2D eigenvalue weighted by Crippen LogP contribution is 2.12. The van der Waals surface area contributed by atoms with Gasteiger partial charge in [-0.1, -0.05) is 22.6 Å². The van der Waals surface area contributed by atoms with Crippen molar-refractivity contribution in [3.8, 4) is 0 Å². The lowest BCUT2D eigenvalue weighted by molar-refractivity contribution is 0.0956. The number of rotatable bonds is 3. The summed E-state index contributed by atoms with van der Waals surface area (Å²) in [6, 6.07) is 0. The van der Waals surface area contributed by atoms with E-state index in [4.69, 9.17) is 0 Å².